The molecule has 160 valence electrons. The molecule has 1 unspecified atom stereocenters. The van der Waals surface area contributed by atoms with Crippen LogP contribution in [0.3, 0.4) is 0 Å². The second kappa shape index (κ2) is 7.45. The number of fused-ring (bicyclic) bond motifs is 3. The Kier molecular flexibility index (Phi) is 4.73. The minimum Gasteiger partial charge on any atom is -0.506 e. The van der Waals surface area contributed by atoms with E-state index in [1.807, 2.05) is 27.1 Å². The van der Waals surface area contributed by atoms with Crippen LogP contribution in [0.25, 0.3) is 11.0 Å². The van der Waals surface area contributed by atoms with E-state index in [2.05, 4.69) is 39.7 Å². The number of hydrazone groups is 1. The first kappa shape index (κ1) is 19.7. The number of benzene rings is 2. The van der Waals surface area contributed by atoms with Gasteiger partial charge in [-0.05, 0) is 67.5 Å². The summed E-state index contributed by atoms with van der Waals surface area (Å²) < 4.78 is 5.59. The monoisotopic (exact) mass is 417 g/mol. The second-order valence-electron chi connectivity index (χ2n) is 8.77. The van der Waals surface area contributed by atoms with E-state index >= 15 is 0 Å². The van der Waals surface area contributed by atoms with Gasteiger partial charge in [0, 0.05) is 37.3 Å². The van der Waals surface area contributed by atoms with Crippen molar-refractivity contribution in [1.82, 2.24) is 5.43 Å². The van der Waals surface area contributed by atoms with Crippen molar-refractivity contribution in [1.29, 1.82) is 0 Å². The third kappa shape index (κ3) is 3.26. The Morgan fingerprint density at radius 3 is 2.55 bits per heavy atom. The minimum atomic E-state index is -0.269. The van der Waals surface area contributed by atoms with E-state index in [-0.39, 0.29) is 17.4 Å². The smallest absolute Gasteiger partial charge is 0.339 e. The molecular formula is C25H27N3O3. The van der Waals surface area contributed by atoms with Gasteiger partial charge < -0.3 is 19.8 Å². The predicted octanol–water partition coefficient (Wildman–Crippen LogP) is 4.19. The summed E-state index contributed by atoms with van der Waals surface area (Å²) in [6.45, 7) is 1.93. The number of anilines is 1. The molecule has 2 aromatic carbocycles. The van der Waals surface area contributed by atoms with Crippen molar-refractivity contribution in [2.75, 3.05) is 19.0 Å². The molecule has 0 fully saturated rings. The van der Waals surface area contributed by atoms with Gasteiger partial charge in [0.2, 0.25) is 0 Å². The number of nitrogens with zero attached hydrogens (tertiary/aromatic N) is 2. The highest BCUT2D eigenvalue weighted by molar-refractivity contribution is 6.09. The van der Waals surface area contributed by atoms with Crippen LogP contribution < -0.4 is 16.0 Å². The van der Waals surface area contributed by atoms with Crippen molar-refractivity contribution in [2.24, 2.45) is 5.10 Å². The van der Waals surface area contributed by atoms with Crippen molar-refractivity contribution < 1.29 is 9.52 Å². The fourth-order valence-corrected chi connectivity index (χ4v) is 4.87. The van der Waals surface area contributed by atoms with Gasteiger partial charge >= 0.3 is 5.63 Å². The molecule has 3 aromatic rings. The van der Waals surface area contributed by atoms with Crippen molar-refractivity contribution in [3.05, 3.63) is 68.6 Å². The zero-order chi connectivity index (χ0) is 21.7. The Morgan fingerprint density at radius 2 is 1.84 bits per heavy atom. The lowest BCUT2D eigenvalue weighted by Crippen LogP contribution is -2.16. The molecule has 0 bridgehead atoms. The molecule has 6 heteroatoms. The average molecular weight is 418 g/mol. The highest BCUT2D eigenvalue weighted by Gasteiger charge is 2.28. The number of aryl methyl sites for hydroxylation is 2. The Hall–Kier alpha value is -3.28. The fourth-order valence-electron chi connectivity index (χ4n) is 4.87. The topological polar surface area (TPSA) is 78.1 Å². The van der Waals surface area contributed by atoms with E-state index in [0.29, 0.717) is 29.4 Å². The van der Waals surface area contributed by atoms with Gasteiger partial charge in [0.1, 0.15) is 11.3 Å². The zero-order valence-corrected chi connectivity index (χ0v) is 18.2. The number of aromatic hydroxyl groups is 1. The van der Waals surface area contributed by atoms with Crippen LogP contribution in [0.1, 0.15) is 53.1 Å². The van der Waals surface area contributed by atoms with E-state index in [4.69, 9.17) is 4.42 Å². The van der Waals surface area contributed by atoms with Crippen molar-refractivity contribution >= 4 is 22.4 Å². The number of hydrogen-bond donors (Lipinski definition) is 2. The highest BCUT2D eigenvalue weighted by atomic mass is 16.4. The first-order chi connectivity index (χ1) is 14.9. The number of hydrogen-bond acceptors (Lipinski definition) is 6. The summed E-state index contributed by atoms with van der Waals surface area (Å²) >= 11 is 0. The minimum absolute atomic E-state index is 0.0586. The molecule has 0 radical (unpaired) electrons. The summed E-state index contributed by atoms with van der Waals surface area (Å²) in [6.07, 6.45) is 4.18. The van der Waals surface area contributed by atoms with Gasteiger partial charge in [0.15, 0.2) is 0 Å². The largest absolute Gasteiger partial charge is 0.506 e. The molecule has 2 aliphatic rings. The first-order valence-corrected chi connectivity index (χ1v) is 10.8. The summed E-state index contributed by atoms with van der Waals surface area (Å²) in [7, 11) is 4.05. The van der Waals surface area contributed by atoms with Gasteiger partial charge in [-0.25, -0.2) is 4.79 Å². The van der Waals surface area contributed by atoms with Crippen molar-refractivity contribution in [3.63, 3.8) is 0 Å². The van der Waals surface area contributed by atoms with Crippen LogP contribution in [0, 0.1) is 6.92 Å². The average Bonchev–Trinajstić information content (AvgIpc) is 3.23. The molecule has 2 N–H and O–H groups in total. The maximum atomic E-state index is 12.4. The van der Waals surface area contributed by atoms with E-state index in [1.54, 1.807) is 0 Å². The standard InChI is InChI=1S/C25H27N3O3/c1-14-12-21-23(17-6-4-5-7-18(17)25(30)31-21)24(29)22(14)20-13-19(26-27-20)15-8-10-16(11-9-15)28(2)3/h8-12,19,26,29H,4-7,13H2,1-3H3. The van der Waals surface area contributed by atoms with Crippen LogP contribution in [0.2, 0.25) is 0 Å². The lowest BCUT2D eigenvalue weighted by Gasteiger charge is -2.19. The van der Waals surface area contributed by atoms with E-state index < -0.39 is 0 Å². The molecule has 6 nitrogen and oxygen atoms in total. The lowest BCUT2D eigenvalue weighted by atomic mass is 9.87. The summed E-state index contributed by atoms with van der Waals surface area (Å²) in [4.78, 5) is 14.5. The maximum Gasteiger partial charge on any atom is 0.339 e. The molecule has 0 spiro atoms. The molecule has 0 amide bonds. The number of phenolic OH excluding ortho intramolecular Hbond substituents is 1. The Morgan fingerprint density at radius 1 is 1.13 bits per heavy atom. The Bertz CT molecular complexity index is 1260. The Labute approximate surface area is 181 Å². The molecular weight excluding hydrogens is 390 g/mol. The maximum absolute atomic E-state index is 12.4. The summed E-state index contributed by atoms with van der Waals surface area (Å²) in [5.74, 6) is 0.182. The summed E-state index contributed by atoms with van der Waals surface area (Å²) in [6, 6.07) is 10.4. The molecule has 31 heavy (non-hydrogen) atoms. The van der Waals surface area contributed by atoms with Crippen LogP contribution in [-0.4, -0.2) is 24.9 Å². The Balaban J connectivity index is 1.53. The number of rotatable bonds is 3. The first-order valence-electron chi connectivity index (χ1n) is 10.8. The summed E-state index contributed by atoms with van der Waals surface area (Å²) in [5.41, 5.74) is 9.83. The highest BCUT2D eigenvalue weighted by Crippen LogP contribution is 2.39. The molecule has 2 heterocycles. The van der Waals surface area contributed by atoms with Gasteiger partial charge in [-0.15, -0.1) is 0 Å². The molecule has 1 aliphatic heterocycles. The fraction of sp³-hybridized carbons (Fsp3) is 0.360. The van der Waals surface area contributed by atoms with Gasteiger partial charge in [0.25, 0.3) is 0 Å². The van der Waals surface area contributed by atoms with Crippen molar-refractivity contribution in [2.45, 2.75) is 45.1 Å². The normalized spacial score (nSPS) is 17.9. The van der Waals surface area contributed by atoms with Crippen LogP contribution >= 0.6 is 0 Å². The van der Waals surface area contributed by atoms with Gasteiger partial charge in [-0.3, -0.25) is 0 Å². The van der Waals surface area contributed by atoms with Gasteiger partial charge in [-0.1, -0.05) is 12.1 Å². The van der Waals surface area contributed by atoms with Crippen molar-refractivity contribution in [3.8, 4) is 5.75 Å². The van der Waals surface area contributed by atoms with Crippen LogP contribution in [0.5, 0.6) is 5.75 Å². The predicted molar refractivity (Wildman–Crippen MR) is 123 cm³/mol. The summed E-state index contributed by atoms with van der Waals surface area (Å²) in [5, 5.41) is 16.6. The SMILES string of the molecule is Cc1cc2oc(=O)c3c(c2c(O)c1C1=NNC(c2ccc(N(C)C)cc2)C1)CCCC3. The molecule has 0 saturated carbocycles. The molecule has 1 aromatic heterocycles. The molecule has 1 atom stereocenters. The quantitative estimate of drug-likeness (QED) is 0.625. The lowest BCUT2D eigenvalue weighted by molar-refractivity contribution is 0.474. The van der Waals surface area contributed by atoms with Crippen LogP contribution in [0.4, 0.5) is 5.69 Å². The molecule has 0 saturated heterocycles. The van der Waals surface area contributed by atoms with Crippen LogP contribution in [-0.2, 0) is 12.8 Å². The molecule has 1 aliphatic carbocycles. The number of phenols is 1. The third-order valence-corrected chi connectivity index (χ3v) is 6.53. The van der Waals surface area contributed by atoms with E-state index in [0.717, 1.165) is 52.9 Å². The van der Waals surface area contributed by atoms with Gasteiger partial charge in [-0.2, -0.15) is 5.10 Å². The second-order valence-corrected chi connectivity index (χ2v) is 8.77. The van der Waals surface area contributed by atoms with E-state index in [9.17, 15) is 9.90 Å². The van der Waals surface area contributed by atoms with Crippen LogP contribution in [0.15, 0.2) is 44.6 Å². The number of nitrogens with one attached hydrogen (secondary N) is 1. The van der Waals surface area contributed by atoms with Gasteiger partial charge in [0.05, 0.1) is 17.1 Å². The van der Waals surface area contributed by atoms with E-state index in [1.165, 1.54) is 0 Å². The zero-order valence-electron chi connectivity index (χ0n) is 18.2. The third-order valence-electron chi connectivity index (χ3n) is 6.53. The molecule has 5 rings (SSSR count).